The molecule has 5 nitrogen and oxygen atoms in total. The molecule has 0 saturated heterocycles. The Kier molecular flexibility index (Phi) is 5.81. The van der Waals surface area contributed by atoms with E-state index in [0.29, 0.717) is 29.8 Å². The maximum absolute atomic E-state index is 12.1. The number of carbonyl (C=O) groups is 2. The van der Waals surface area contributed by atoms with Crippen molar-refractivity contribution in [3.63, 3.8) is 0 Å². The molecule has 0 aliphatic heterocycles. The molecule has 0 bridgehead atoms. The molecule has 1 aromatic rings. The molecule has 3 N–H and O–H groups in total. The van der Waals surface area contributed by atoms with Crippen molar-refractivity contribution >= 4 is 17.6 Å². The SMILES string of the molecule is CC(C)CNC(=O)Nc1ccc(C(=O)NC2CCCC2)cc1. The zero-order valence-electron chi connectivity index (χ0n) is 13.3. The number of anilines is 1. The van der Waals surface area contributed by atoms with Gasteiger partial charge >= 0.3 is 6.03 Å². The second-order valence-electron chi connectivity index (χ2n) is 6.26. The van der Waals surface area contributed by atoms with Crippen molar-refractivity contribution in [3.05, 3.63) is 29.8 Å². The van der Waals surface area contributed by atoms with E-state index in [2.05, 4.69) is 16.0 Å². The Bertz CT molecular complexity index is 505. The van der Waals surface area contributed by atoms with Gasteiger partial charge in [-0.25, -0.2) is 4.79 Å². The van der Waals surface area contributed by atoms with Crippen LogP contribution in [-0.4, -0.2) is 24.5 Å². The molecular weight excluding hydrogens is 278 g/mol. The Morgan fingerprint density at radius 1 is 1.14 bits per heavy atom. The summed E-state index contributed by atoms with van der Waals surface area (Å²) in [5, 5.41) is 8.59. The van der Waals surface area contributed by atoms with Gasteiger partial charge in [0.1, 0.15) is 0 Å². The number of carbonyl (C=O) groups excluding carboxylic acids is 2. The van der Waals surface area contributed by atoms with Gasteiger partial charge in [-0.05, 0) is 43.0 Å². The van der Waals surface area contributed by atoms with E-state index in [1.807, 2.05) is 13.8 Å². The summed E-state index contributed by atoms with van der Waals surface area (Å²) in [5.41, 5.74) is 1.30. The lowest BCUT2D eigenvalue weighted by atomic mass is 10.1. The van der Waals surface area contributed by atoms with Crippen LogP contribution in [0.15, 0.2) is 24.3 Å². The van der Waals surface area contributed by atoms with Gasteiger partial charge in [0.2, 0.25) is 0 Å². The molecule has 0 aromatic heterocycles. The van der Waals surface area contributed by atoms with Gasteiger partial charge in [-0.1, -0.05) is 26.7 Å². The summed E-state index contributed by atoms with van der Waals surface area (Å²) in [4.78, 5) is 23.8. The molecule has 22 heavy (non-hydrogen) atoms. The second kappa shape index (κ2) is 7.82. The summed E-state index contributed by atoms with van der Waals surface area (Å²) in [6, 6.07) is 7.06. The lowest BCUT2D eigenvalue weighted by molar-refractivity contribution is 0.0938. The van der Waals surface area contributed by atoms with Gasteiger partial charge < -0.3 is 16.0 Å². The largest absolute Gasteiger partial charge is 0.349 e. The first kappa shape index (κ1) is 16.3. The maximum atomic E-state index is 12.1. The van der Waals surface area contributed by atoms with Crippen LogP contribution in [0.1, 0.15) is 49.9 Å². The van der Waals surface area contributed by atoms with Crippen LogP contribution in [0.25, 0.3) is 0 Å². The number of nitrogens with one attached hydrogen (secondary N) is 3. The van der Waals surface area contributed by atoms with Crippen LogP contribution in [0, 0.1) is 5.92 Å². The molecule has 1 aliphatic rings. The van der Waals surface area contributed by atoms with Crippen molar-refractivity contribution in [3.8, 4) is 0 Å². The molecule has 2 rings (SSSR count). The molecule has 120 valence electrons. The van der Waals surface area contributed by atoms with E-state index < -0.39 is 0 Å². The third-order valence-corrected chi connectivity index (χ3v) is 3.77. The first-order valence-electron chi connectivity index (χ1n) is 8.00. The van der Waals surface area contributed by atoms with E-state index in [0.717, 1.165) is 12.8 Å². The number of benzene rings is 1. The van der Waals surface area contributed by atoms with Crippen LogP contribution in [0.3, 0.4) is 0 Å². The van der Waals surface area contributed by atoms with Gasteiger partial charge in [-0.2, -0.15) is 0 Å². The molecule has 5 heteroatoms. The zero-order valence-corrected chi connectivity index (χ0v) is 13.3. The topological polar surface area (TPSA) is 70.2 Å². The smallest absolute Gasteiger partial charge is 0.319 e. The molecule has 0 radical (unpaired) electrons. The standard InChI is InChI=1S/C17H25N3O2/c1-12(2)11-18-17(22)20-15-9-7-13(8-10-15)16(21)19-14-5-3-4-6-14/h7-10,12,14H,3-6,11H2,1-2H3,(H,19,21)(H2,18,20,22). The van der Waals surface area contributed by atoms with Crippen LogP contribution in [0.4, 0.5) is 10.5 Å². The fourth-order valence-corrected chi connectivity index (χ4v) is 2.52. The lowest BCUT2D eigenvalue weighted by Gasteiger charge is -2.12. The second-order valence-corrected chi connectivity index (χ2v) is 6.26. The molecule has 0 atom stereocenters. The van der Waals surface area contributed by atoms with E-state index in [9.17, 15) is 9.59 Å². The van der Waals surface area contributed by atoms with Crippen molar-refractivity contribution in [2.45, 2.75) is 45.6 Å². The number of rotatable bonds is 5. The average molecular weight is 303 g/mol. The Morgan fingerprint density at radius 2 is 1.77 bits per heavy atom. The predicted molar refractivity (Wildman–Crippen MR) is 88.0 cm³/mol. The van der Waals surface area contributed by atoms with Crippen LogP contribution < -0.4 is 16.0 Å². The van der Waals surface area contributed by atoms with Crippen LogP contribution >= 0.6 is 0 Å². The van der Waals surface area contributed by atoms with Crippen molar-refractivity contribution in [1.82, 2.24) is 10.6 Å². The van der Waals surface area contributed by atoms with Gasteiger partial charge in [-0.3, -0.25) is 4.79 Å². The van der Waals surface area contributed by atoms with Gasteiger partial charge in [0.25, 0.3) is 5.91 Å². The van der Waals surface area contributed by atoms with E-state index in [1.165, 1.54) is 12.8 Å². The van der Waals surface area contributed by atoms with Crippen molar-refractivity contribution in [1.29, 1.82) is 0 Å². The molecular formula is C17H25N3O2. The summed E-state index contributed by atoms with van der Waals surface area (Å²) in [6.45, 7) is 4.71. The number of hydrogen-bond acceptors (Lipinski definition) is 2. The van der Waals surface area contributed by atoms with Gasteiger partial charge in [0, 0.05) is 23.8 Å². The van der Waals surface area contributed by atoms with Gasteiger partial charge in [-0.15, -0.1) is 0 Å². The molecule has 1 aromatic carbocycles. The fourth-order valence-electron chi connectivity index (χ4n) is 2.52. The summed E-state index contributed by atoms with van der Waals surface area (Å²) in [5.74, 6) is 0.370. The third-order valence-electron chi connectivity index (χ3n) is 3.77. The highest BCUT2D eigenvalue weighted by Crippen LogP contribution is 2.18. The molecule has 0 heterocycles. The molecule has 1 fully saturated rings. The summed E-state index contributed by atoms with van der Waals surface area (Å²) < 4.78 is 0. The predicted octanol–water partition coefficient (Wildman–Crippen LogP) is 3.14. The summed E-state index contributed by atoms with van der Waals surface area (Å²) in [7, 11) is 0. The van der Waals surface area contributed by atoms with Crippen molar-refractivity contribution in [2.75, 3.05) is 11.9 Å². The van der Waals surface area contributed by atoms with E-state index >= 15 is 0 Å². The molecule has 0 unspecified atom stereocenters. The van der Waals surface area contributed by atoms with Crippen LogP contribution in [0.5, 0.6) is 0 Å². The van der Waals surface area contributed by atoms with Gasteiger partial charge in [0.15, 0.2) is 0 Å². The Labute approximate surface area is 131 Å². The summed E-state index contributed by atoms with van der Waals surface area (Å²) in [6.07, 6.45) is 4.53. The highest BCUT2D eigenvalue weighted by Gasteiger charge is 2.17. The molecule has 1 aliphatic carbocycles. The first-order chi connectivity index (χ1) is 10.5. The average Bonchev–Trinajstić information content (AvgIpc) is 2.99. The molecule has 3 amide bonds. The molecule has 1 saturated carbocycles. The maximum Gasteiger partial charge on any atom is 0.319 e. The van der Waals surface area contributed by atoms with Gasteiger partial charge in [0.05, 0.1) is 0 Å². The van der Waals surface area contributed by atoms with E-state index in [1.54, 1.807) is 24.3 Å². The Morgan fingerprint density at radius 3 is 2.36 bits per heavy atom. The molecule has 0 spiro atoms. The minimum Gasteiger partial charge on any atom is -0.349 e. The Balaban J connectivity index is 1.84. The zero-order chi connectivity index (χ0) is 15.9. The van der Waals surface area contributed by atoms with Crippen LogP contribution in [0.2, 0.25) is 0 Å². The quantitative estimate of drug-likeness (QED) is 0.782. The highest BCUT2D eigenvalue weighted by atomic mass is 16.2. The van der Waals surface area contributed by atoms with Crippen molar-refractivity contribution in [2.24, 2.45) is 5.92 Å². The van der Waals surface area contributed by atoms with E-state index in [-0.39, 0.29) is 11.9 Å². The minimum atomic E-state index is -0.225. The third kappa shape index (κ3) is 5.06. The monoisotopic (exact) mass is 303 g/mol. The number of amides is 3. The first-order valence-corrected chi connectivity index (χ1v) is 8.00. The Hall–Kier alpha value is -2.04. The lowest BCUT2D eigenvalue weighted by Crippen LogP contribution is -2.32. The highest BCUT2D eigenvalue weighted by molar-refractivity contribution is 5.95. The van der Waals surface area contributed by atoms with Crippen molar-refractivity contribution < 1.29 is 9.59 Å². The summed E-state index contributed by atoms with van der Waals surface area (Å²) >= 11 is 0. The number of hydrogen-bond donors (Lipinski definition) is 3. The number of urea groups is 1. The normalized spacial score (nSPS) is 14.9. The fraction of sp³-hybridized carbons (Fsp3) is 0.529. The van der Waals surface area contributed by atoms with Crippen LogP contribution in [-0.2, 0) is 0 Å². The van der Waals surface area contributed by atoms with E-state index in [4.69, 9.17) is 0 Å². The minimum absolute atomic E-state index is 0.0392.